The van der Waals surface area contributed by atoms with Gasteiger partial charge in [0.15, 0.2) is 0 Å². The third-order valence-electron chi connectivity index (χ3n) is 2.53. The molecule has 0 aromatic heterocycles. The molecule has 0 saturated carbocycles. The van der Waals surface area contributed by atoms with E-state index in [-0.39, 0.29) is 0 Å². The van der Waals surface area contributed by atoms with E-state index < -0.39 is 0 Å². The zero-order chi connectivity index (χ0) is 12.8. The molecule has 0 nitrogen and oxygen atoms in total. The van der Waals surface area contributed by atoms with Crippen molar-refractivity contribution in [1.82, 2.24) is 0 Å². The summed E-state index contributed by atoms with van der Waals surface area (Å²) in [7, 11) is 0. The largest absolute Gasteiger partial charge is 0.0877 e. The minimum Gasteiger partial charge on any atom is -0.0877 e. The van der Waals surface area contributed by atoms with Gasteiger partial charge in [-0.25, -0.2) is 0 Å². The minimum absolute atomic E-state index is 0.535. The summed E-state index contributed by atoms with van der Waals surface area (Å²) >= 11 is 0. The zero-order valence-corrected chi connectivity index (χ0v) is 9.93. The molecule has 0 heterocycles. The summed E-state index contributed by atoms with van der Waals surface area (Å²) in [5.74, 6) is 0. The molecular formula is C17H16. The van der Waals surface area contributed by atoms with Gasteiger partial charge in [-0.3, -0.25) is 0 Å². The van der Waals surface area contributed by atoms with Crippen LogP contribution in [0.25, 0.3) is 17.2 Å². The van der Waals surface area contributed by atoms with Crippen LogP contribution in [0.2, 0.25) is 0 Å². The van der Waals surface area contributed by atoms with Gasteiger partial charge in [0, 0.05) is 0 Å². The number of hydrogen-bond acceptors (Lipinski definition) is 0. The number of hydrogen-bond donors (Lipinski definition) is 0. The quantitative estimate of drug-likeness (QED) is 0.644. The van der Waals surface area contributed by atoms with Crippen LogP contribution in [-0.2, 0) is 0 Å². The van der Waals surface area contributed by atoms with E-state index in [1.165, 1.54) is 11.1 Å². The van der Waals surface area contributed by atoms with E-state index in [1.807, 2.05) is 49.4 Å². The summed E-state index contributed by atoms with van der Waals surface area (Å²) in [4.78, 5) is 0. The molecule has 0 aliphatic rings. The maximum atomic E-state index is 7.90. The molecule has 0 aliphatic carbocycles. The lowest BCUT2D eigenvalue weighted by molar-refractivity contribution is 1.60. The molecule has 0 atom stereocenters. The van der Waals surface area contributed by atoms with Crippen LogP contribution >= 0.6 is 0 Å². The van der Waals surface area contributed by atoms with Gasteiger partial charge in [0.05, 0.1) is 1.37 Å². The predicted molar refractivity (Wildman–Crippen MR) is 75.7 cm³/mol. The smallest absolute Gasteiger partial charge is 0.0629 e. The maximum Gasteiger partial charge on any atom is 0.0629 e. The van der Waals surface area contributed by atoms with Gasteiger partial charge in [-0.15, -0.1) is 0 Å². The number of allylic oxidation sites excluding steroid dienone is 3. The summed E-state index contributed by atoms with van der Waals surface area (Å²) in [6, 6.07) is 18.9. The van der Waals surface area contributed by atoms with Gasteiger partial charge in [0.1, 0.15) is 0 Å². The van der Waals surface area contributed by atoms with E-state index in [0.29, 0.717) is 6.05 Å². The van der Waals surface area contributed by atoms with Crippen LogP contribution in [0.4, 0.5) is 0 Å². The van der Waals surface area contributed by atoms with Gasteiger partial charge in [-0.05, 0) is 23.6 Å². The molecule has 17 heavy (non-hydrogen) atoms. The highest BCUT2D eigenvalue weighted by molar-refractivity contribution is 5.65. The fourth-order valence-electron chi connectivity index (χ4n) is 1.63. The van der Waals surface area contributed by atoms with Gasteiger partial charge in [0.25, 0.3) is 0 Å². The molecule has 0 aliphatic heterocycles. The standard InChI is InChI=1S/C17H16/c1-2-3-5-8-15-11-13-17(14-12-15)16-9-6-4-7-10-16/h2-14H,1H3/b3-2+,8-5+/i8D. The average Bonchev–Trinajstić information content (AvgIpc) is 2.46. The van der Waals surface area contributed by atoms with E-state index in [2.05, 4.69) is 24.3 Å². The summed E-state index contributed by atoms with van der Waals surface area (Å²) in [5.41, 5.74) is 3.32. The summed E-state index contributed by atoms with van der Waals surface area (Å²) in [6.07, 6.45) is 5.61. The Kier molecular flexibility index (Phi) is 3.48. The summed E-state index contributed by atoms with van der Waals surface area (Å²) < 4.78 is 7.90. The maximum absolute atomic E-state index is 7.90. The molecule has 2 rings (SSSR count). The van der Waals surface area contributed by atoms with Crippen LogP contribution in [0.3, 0.4) is 0 Å². The fraction of sp³-hybridized carbons (Fsp3) is 0.0588. The minimum atomic E-state index is 0.535. The number of benzene rings is 2. The summed E-state index contributed by atoms with van der Waals surface area (Å²) in [5, 5.41) is 0. The van der Waals surface area contributed by atoms with Gasteiger partial charge in [-0.2, -0.15) is 0 Å². The van der Waals surface area contributed by atoms with Crippen LogP contribution < -0.4 is 0 Å². The Morgan fingerprint density at radius 2 is 1.47 bits per heavy atom. The van der Waals surface area contributed by atoms with Crippen LogP contribution in [0.5, 0.6) is 0 Å². The molecule has 0 heteroatoms. The summed E-state index contributed by atoms with van der Waals surface area (Å²) in [6.45, 7) is 1.95. The highest BCUT2D eigenvalue weighted by Gasteiger charge is 1.94. The first kappa shape index (κ1) is 10.1. The second kappa shape index (κ2) is 5.86. The van der Waals surface area contributed by atoms with Crippen LogP contribution in [0, 0.1) is 0 Å². The van der Waals surface area contributed by atoms with Gasteiger partial charge < -0.3 is 0 Å². The molecule has 2 aromatic rings. The van der Waals surface area contributed by atoms with E-state index in [4.69, 9.17) is 1.37 Å². The van der Waals surface area contributed by atoms with Gasteiger partial charge >= 0.3 is 0 Å². The van der Waals surface area contributed by atoms with E-state index >= 15 is 0 Å². The molecule has 2 aromatic carbocycles. The molecule has 0 unspecified atom stereocenters. The van der Waals surface area contributed by atoms with Crippen LogP contribution in [0.1, 0.15) is 13.9 Å². The van der Waals surface area contributed by atoms with Crippen molar-refractivity contribution in [3.63, 3.8) is 0 Å². The second-order valence-electron chi connectivity index (χ2n) is 3.78. The normalized spacial score (nSPS) is 12.8. The van der Waals surface area contributed by atoms with Crippen molar-refractivity contribution in [1.29, 1.82) is 0 Å². The molecule has 0 radical (unpaired) electrons. The lowest BCUT2D eigenvalue weighted by Crippen LogP contribution is -1.77. The highest BCUT2D eigenvalue weighted by atomic mass is 14.0. The first-order valence-corrected chi connectivity index (χ1v) is 5.76. The Labute approximate surface area is 104 Å². The van der Waals surface area contributed by atoms with Gasteiger partial charge in [0.2, 0.25) is 0 Å². The molecule has 0 fully saturated rings. The average molecular weight is 221 g/mol. The fourth-order valence-corrected chi connectivity index (χ4v) is 1.63. The van der Waals surface area contributed by atoms with Crippen molar-refractivity contribution in [2.75, 3.05) is 0 Å². The van der Waals surface area contributed by atoms with Crippen molar-refractivity contribution in [2.45, 2.75) is 6.92 Å². The monoisotopic (exact) mass is 221 g/mol. The lowest BCUT2D eigenvalue weighted by atomic mass is 10.0. The van der Waals surface area contributed by atoms with Crippen molar-refractivity contribution in [3.8, 4) is 11.1 Å². The first-order chi connectivity index (χ1) is 8.81. The topological polar surface area (TPSA) is 0 Å². The lowest BCUT2D eigenvalue weighted by Gasteiger charge is -2.01. The Balaban J connectivity index is 2.26. The van der Waals surface area contributed by atoms with E-state index in [0.717, 1.165) is 5.56 Å². The molecular weight excluding hydrogens is 204 g/mol. The van der Waals surface area contributed by atoms with E-state index in [9.17, 15) is 0 Å². The van der Waals surface area contributed by atoms with Gasteiger partial charge in [-0.1, -0.05) is 78.9 Å². The molecule has 84 valence electrons. The predicted octanol–water partition coefficient (Wildman–Crippen LogP) is 4.94. The molecule has 0 spiro atoms. The van der Waals surface area contributed by atoms with Crippen molar-refractivity contribution in [2.24, 2.45) is 0 Å². The van der Waals surface area contributed by atoms with E-state index in [1.54, 1.807) is 6.08 Å². The third-order valence-corrected chi connectivity index (χ3v) is 2.53. The zero-order valence-electron chi connectivity index (χ0n) is 10.9. The van der Waals surface area contributed by atoms with Crippen molar-refractivity contribution >= 4 is 6.05 Å². The van der Waals surface area contributed by atoms with Crippen LogP contribution in [-0.4, -0.2) is 0 Å². The molecule has 0 amide bonds. The Bertz CT molecular complexity index is 548. The Morgan fingerprint density at radius 3 is 2.12 bits per heavy atom. The SMILES string of the molecule is [2H]/C(=C\C=C\C)c1ccc(-c2ccccc2)cc1. The molecule has 0 bridgehead atoms. The second-order valence-corrected chi connectivity index (χ2v) is 3.78. The van der Waals surface area contributed by atoms with Crippen LogP contribution in [0.15, 0.2) is 72.8 Å². The number of rotatable bonds is 3. The molecule has 0 saturated heterocycles. The Morgan fingerprint density at radius 1 is 0.824 bits per heavy atom. The first-order valence-electron chi connectivity index (χ1n) is 6.26. The Hall–Kier alpha value is -2.08. The van der Waals surface area contributed by atoms with Crippen molar-refractivity contribution < 1.29 is 1.37 Å². The molecule has 0 N–H and O–H groups in total. The highest BCUT2D eigenvalue weighted by Crippen LogP contribution is 2.19. The van der Waals surface area contributed by atoms with Crippen molar-refractivity contribution in [3.05, 3.63) is 78.4 Å². The third kappa shape index (κ3) is 3.18.